The Bertz CT molecular complexity index is 562. The summed E-state index contributed by atoms with van der Waals surface area (Å²) >= 11 is 3.28. The summed E-state index contributed by atoms with van der Waals surface area (Å²) < 4.78 is 32.3. The van der Waals surface area contributed by atoms with Crippen LogP contribution in [0.5, 0.6) is 5.75 Å². The first-order valence-corrected chi connectivity index (χ1v) is 8.27. The lowest BCUT2D eigenvalue weighted by atomic mass is 10.1. The molecule has 1 fully saturated rings. The second kappa shape index (κ2) is 5.78. The summed E-state index contributed by atoms with van der Waals surface area (Å²) in [5.74, 6) is 0.517. The van der Waals surface area contributed by atoms with Gasteiger partial charge in [-0.2, -0.15) is 4.31 Å². The normalized spacial score (nSPS) is 21.3. The number of nitrogens with two attached hydrogens (primary N) is 1. The summed E-state index contributed by atoms with van der Waals surface area (Å²) in [4.78, 5) is 0.223. The molecule has 0 spiro atoms. The van der Waals surface area contributed by atoms with Gasteiger partial charge in [0.05, 0.1) is 7.11 Å². The Morgan fingerprint density at radius 2 is 2.21 bits per heavy atom. The van der Waals surface area contributed by atoms with E-state index < -0.39 is 10.0 Å². The maximum atomic E-state index is 12.6. The van der Waals surface area contributed by atoms with Crippen LogP contribution in [0, 0.1) is 0 Å². The van der Waals surface area contributed by atoms with Gasteiger partial charge in [-0.15, -0.1) is 0 Å². The summed E-state index contributed by atoms with van der Waals surface area (Å²) in [6.45, 7) is 0.881. The van der Waals surface area contributed by atoms with Crippen molar-refractivity contribution in [3.05, 3.63) is 22.7 Å². The number of rotatable bonds is 3. The lowest BCUT2D eigenvalue weighted by Gasteiger charge is -2.30. The Hall–Kier alpha value is -0.630. The van der Waals surface area contributed by atoms with Gasteiger partial charge in [0.2, 0.25) is 10.0 Å². The average Bonchev–Trinajstić information content (AvgIpc) is 2.39. The topological polar surface area (TPSA) is 72.6 Å². The minimum absolute atomic E-state index is 0.0899. The quantitative estimate of drug-likeness (QED) is 0.899. The van der Waals surface area contributed by atoms with Gasteiger partial charge < -0.3 is 10.5 Å². The molecule has 1 heterocycles. The lowest BCUT2D eigenvalue weighted by molar-refractivity contribution is 0.316. The first-order chi connectivity index (χ1) is 8.95. The predicted molar refractivity (Wildman–Crippen MR) is 76.7 cm³/mol. The van der Waals surface area contributed by atoms with Crippen LogP contribution in [0.2, 0.25) is 0 Å². The van der Waals surface area contributed by atoms with Crippen molar-refractivity contribution >= 4 is 26.0 Å². The molecule has 0 saturated carbocycles. The van der Waals surface area contributed by atoms with E-state index in [0.29, 0.717) is 23.3 Å². The Kier molecular flexibility index (Phi) is 4.50. The van der Waals surface area contributed by atoms with E-state index in [9.17, 15) is 8.42 Å². The molecule has 1 aromatic rings. The van der Waals surface area contributed by atoms with Crippen LogP contribution in [0.3, 0.4) is 0 Å². The number of hydrogen-bond donors (Lipinski definition) is 1. The molecule has 19 heavy (non-hydrogen) atoms. The molecule has 1 unspecified atom stereocenters. The second-order valence-electron chi connectivity index (χ2n) is 4.56. The molecule has 1 saturated heterocycles. The summed E-state index contributed by atoms with van der Waals surface area (Å²) in [6.07, 6.45) is 1.66. The maximum Gasteiger partial charge on any atom is 0.244 e. The lowest BCUT2D eigenvalue weighted by Crippen LogP contribution is -2.45. The van der Waals surface area contributed by atoms with Crippen molar-refractivity contribution in [1.29, 1.82) is 0 Å². The fourth-order valence-electron chi connectivity index (χ4n) is 2.14. The van der Waals surface area contributed by atoms with Crippen LogP contribution in [0.25, 0.3) is 0 Å². The van der Waals surface area contributed by atoms with Crippen molar-refractivity contribution in [3.8, 4) is 5.75 Å². The third kappa shape index (κ3) is 3.10. The molecule has 2 rings (SSSR count). The highest BCUT2D eigenvalue weighted by Crippen LogP contribution is 2.30. The van der Waals surface area contributed by atoms with Gasteiger partial charge in [0.15, 0.2) is 0 Å². The summed E-state index contributed by atoms with van der Waals surface area (Å²) in [5.41, 5.74) is 5.85. The Morgan fingerprint density at radius 1 is 1.47 bits per heavy atom. The maximum absolute atomic E-state index is 12.6. The number of benzene rings is 1. The van der Waals surface area contributed by atoms with Crippen LogP contribution in [0.4, 0.5) is 0 Å². The summed E-state index contributed by atoms with van der Waals surface area (Å²) in [7, 11) is -2.02. The zero-order valence-electron chi connectivity index (χ0n) is 10.7. The number of nitrogens with zero attached hydrogens (tertiary/aromatic N) is 1. The zero-order chi connectivity index (χ0) is 14.0. The highest BCUT2D eigenvalue weighted by molar-refractivity contribution is 9.10. The Labute approximate surface area is 121 Å². The number of piperidine rings is 1. The van der Waals surface area contributed by atoms with E-state index in [2.05, 4.69) is 15.9 Å². The first kappa shape index (κ1) is 14.8. The molecule has 0 aliphatic carbocycles. The van der Waals surface area contributed by atoms with Crippen molar-refractivity contribution in [3.63, 3.8) is 0 Å². The van der Waals surface area contributed by atoms with E-state index in [0.717, 1.165) is 12.8 Å². The fourth-order valence-corrected chi connectivity index (χ4v) is 4.61. The standard InChI is InChI=1S/C12H17BrN2O3S/c1-18-10-4-5-11(13)12(7-10)19(16,17)15-6-2-3-9(14)8-15/h4-5,7,9H,2-3,6,8,14H2,1H3. The molecule has 106 valence electrons. The van der Waals surface area contributed by atoms with Crippen molar-refractivity contribution in [2.24, 2.45) is 5.73 Å². The monoisotopic (exact) mass is 348 g/mol. The number of ether oxygens (including phenoxy) is 1. The van der Waals surface area contributed by atoms with Crippen LogP contribution in [0.15, 0.2) is 27.6 Å². The van der Waals surface area contributed by atoms with Gasteiger partial charge in [-0.25, -0.2) is 8.42 Å². The SMILES string of the molecule is COc1ccc(Br)c(S(=O)(=O)N2CCCC(N)C2)c1. The predicted octanol–water partition coefficient (Wildman–Crippen LogP) is 1.57. The van der Waals surface area contributed by atoms with Gasteiger partial charge in [-0.3, -0.25) is 0 Å². The third-order valence-corrected chi connectivity index (χ3v) is 6.04. The highest BCUT2D eigenvalue weighted by Gasteiger charge is 2.30. The second-order valence-corrected chi connectivity index (χ2v) is 7.32. The largest absolute Gasteiger partial charge is 0.497 e. The average molecular weight is 349 g/mol. The van der Waals surface area contributed by atoms with Gasteiger partial charge in [0, 0.05) is 29.7 Å². The zero-order valence-corrected chi connectivity index (χ0v) is 13.1. The van der Waals surface area contributed by atoms with E-state index in [-0.39, 0.29) is 10.9 Å². The van der Waals surface area contributed by atoms with Gasteiger partial charge in [0.25, 0.3) is 0 Å². The third-order valence-electron chi connectivity index (χ3n) is 3.18. The van der Waals surface area contributed by atoms with Crippen LogP contribution < -0.4 is 10.5 Å². The number of sulfonamides is 1. The molecule has 1 aliphatic heterocycles. The Balaban J connectivity index is 2.38. The van der Waals surface area contributed by atoms with E-state index in [1.807, 2.05) is 0 Å². The minimum atomic E-state index is -3.53. The number of hydrogen-bond acceptors (Lipinski definition) is 4. The number of methoxy groups -OCH3 is 1. The molecular weight excluding hydrogens is 332 g/mol. The summed E-state index contributed by atoms with van der Waals surface area (Å²) in [6, 6.07) is 4.83. The van der Waals surface area contributed by atoms with Gasteiger partial charge in [-0.1, -0.05) is 0 Å². The molecule has 0 aromatic heterocycles. The molecular formula is C12H17BrN2O3S. The molecule has 7 heteroatoms. The van der Waals surface area contributed by atoms with Crippen LogP contribution in [-0.4, -0.2) is 39.0 Å². The van der Waals surface area contributed by atoms with Gasteiger partial charge >= 0.3 is 0 Å². The fraction of sp³-hybridized carbons (Fsp3) is 0.500. The summed E-state index contributed by atoms with van der Waals surface area (Å²) in [5, 5.41) is 0. The smallest absolute Gasteiger partial charge is 0.244 e. The number of halogens is 1. The van der Waals surface area contributed by atoms with Crippen molar-refractivity contribution in [1.82, 2.24) is 4.31 Å². The highest BCUT2D eigenvalue weighted by atomic mass is 79.9. The van der Waals surface area contributed by atoms with Crippen molar-refractivity contribution in [2.45, 2.75) is 23.8 Å². The van der Waals surface area contributed by atoms with Crippen LogP contribution in [-0.2, 0) is 10.0 Å². The molecule has 5 nitrogen and oxygen atoms in total. The molecule has 0 amide bonds. The Morgan fingerprint density at radius 3 is 2.84 bits per heavy atom. The first-order valence-electron chi connectivity index (χ1n) is 6.04. The van der Waals surface area contributed by atoms with E-state index in [1.165, 1.54) is 17.5 Å². The van der Waals surface area contributed by atoms with Gasteiger partial charge in [0.1, 0.15) is 10.6 Å². The molecule has 0 bridgehead atoms. The molecule has 2 N–H and O–H groups in total. The molecule has 1 atom stereocenters. The van der Waals surface area contributed by atoms with Crippen molar-refractivity contribution in [2.75, 3.05) is 20.2 Å². The molecule has 1 aromatic carbocycles. The van der Waals surface area contributed by atoms with E-state index in [4.69, 9.17) is 10.5 Å². The minimum Gasteiger partial charge on any atom is -0.497 e. The van der Waals surface area contributed by atoms with Crippen LogP contribution in [0.1, 0.15) is 12.8 Å². The van der Waals surface area contributed by atoms with E-state index >= 15 is 0 Å². The molecule has 1 aliphatic rings. The van der Waals surface area contributed by atoms with Crippen molar-refractivity contribution < 1.29 is 13.2 Å². The van der Waals surface area contributed by atoms with E-state index in [1.54, 1.807) is 12.1 Å². The van der Waals surface area contributed by atoms with Crippen LogP contribution >= 0.6 is 15.9 Å². The molecule has 0 radical (unpaired) electrons. The van der Waals surface area contributed by atoms with Gasteiger partial charge in [-0.05, 0) is 40.9 Å².